The molecule has 1 N–H and O–H groups in total. The molecule has 1 aromatic carbocycles. The smallest absolute Gasteiger partial charge is 0.0812 e. The molecule has 0 radical (unpaired) electrons. The molecule has 1 heterocycles. The van der Waals surface area contributed by atoms with Gasteiger partial charge in [-0.2, -0.15) is 0 Å². The van der Waals surface area contributed by atoms with Gasteiger partial charge in [-0.3, -0.25) is 0 Å². The number of hydrogen-bond acceptors (Lipinski definition) is 1. The lowest BCUT2D eigenvalue weighted by atomic mass is 9.75. The van der Waals surface area contributed by atoms with Crippen molar-refractivity contribution >= 4 is 0 Å². The predicted octanol–water partition coefficient (Wildman–Crippen LogP) is 4.41. The van der Waals surface area contributed by atoms with Crippen LogP contribution in [-0.4, -0.2) is 9.67 Å². The van der Waals surface area contributed by atoms with Crippen LogP contribution >= 0.6 is 0 Å². The number of fused-ring (bicyclic) bond motifs is 1. The molecule has 1 atom stereocenters. The molecule has 0 saturated heterocycles. The van der Waals surface area contributed by atoms with Crippen LogP contribution in [0.2, 0.25) is 0 Å². The zero-order chi connectivity index (χ0) is 15.4. The molecule has 1 aromatic heterocycles. The van der Waals surface area contributed by atoms with E-state index < -0.39 is 0 Å². The van der Waals surface area contributed by atoms with E-state index in [1.54, 1.807) is 0 Å². The van der Waals surface area contributed by atoms with Gasteiger partial charge in [0.2, 0.25) is 0 Å². The normalized spacial score (nSPS) is 20.4. The molecular formula is C19H25NO. The number of aryl methyl sites for hydroxylation is 3. The summed E-state index contributed by atoms with van der Waals surface area (Å²) in [6.45, 7) is 10.9. The maximum absolute atomic E-state index is 10.5. The van der Waals surface area contributed by atoms with E-state index in [-0.39, 0.29) is 11.5 Å². The van der Waals surface area contributed by atoms with Gasteiger partial charge in [-0.05, 0) is 68.4 Å². The van der Waals surface area contributed by atoms with E-state index in [1.807, 2.05) is 0 Å². The van der Waals surface area contributed by atoms with Crippen molar-refractivity contribution in [3.63, 3.8) is 0 Å². The average molecular weight is 283 g/mol. The van der Waals surface area contributed by atoms with Crippen LogP contribution in [0.4, 0.5) is 0 Å². The van der Waals surface area contributed by atoms with Crippen LogP contribution in [0.25, 0.3) is 5.69 Å². The quantitative estimate of drug-likeness (QED) is 0.824. The van der Waals surface area contributed by atoms with Crippen molar-refractivity contribution in [3.8, 4) is 5.69 Å². The number of rotatable bonds is 1. The molecule has 0 spiro atoms. The first kappa shape index (κ1) is 14.4. The lowest BCUT2D eigenvalue weighted by Gasteiger charge is -2.34. The summed E-state index contributed by atoms with van der Waals surface area (Å²) in [5.41, 5.74) is 7.53. The summed E-state index contributed by atoms with van der Waals surface area (Å²) in [7, 11) is 0. The Labute approximate surface area is 127 Å². The third-order valence-electron chi connectivity index (χ3n) is 4.54. The first-order valence-corrected chi connectivity index (χ1v) is 7.75. The minimum absolute atomic E-state index is 0.147. The maximum Gasteiger partial charge on any atom is 0.0812 e. The van der Waals surface area contributed by atoms with Gasteiger partial charge in [-0.25, -0.2) is 0 Å². The third-order valence-corrected chi connectivity index (χ3v) is 4.54. The van der Waals surface area contributed by atoms with Crippen LogP contribution < -0.4 is 0 Å². The van der Waals surface area contributed by atoms with Crippen molar-refractivity contribution in [1.82, 2.24) is 4.57 Å². The molecule has 0 aliphatic heterocycles. The van der Waals surface area contributed by atoms with Gasteiger partial charge in [-0.1, -0.05) is 19.9 Å². The summed E-state index contributed by atoms with van der Waals surface area (Å²) in [4.78, 5) is 0. The van der Waals surface area contributed by atoms with Crippen LogP contribution in [0.5, 0.6) is 0 Å². The number of aliphatic hydroxyl groups is 1. The minimum atomic E-state index is -0.338. The van der Waals surface area contributed by atoms with E-state index in [2.05, 4.69) is 63.5 Å². The van der Waals surface area contributed by atoms with Gasteiger partial charge >= 0.3 is 0 Å². The first-order chi connectivity index (χ1) is 9.77. The highest BCUT2D eigenvalue weighted by Gasteiger charge is 2.34. The Bertz CT molecular complexity index is 674. The third kappa shape index (κ3) is 2.53. The number of hydrogen-bond donors (Lipinski definition) is 1. The molecule has 1 aliphatic carbocycles. The summed E-state index contributed by atoms with van der Waals surface area (Å²) >= 11 is 0. The molecule has 0 amide bonds. The molecule has 2 aromatic rings. The molecule has 0 bridgehead atoms. The molecule has 2 nitrogen and oxygen atoms in total. The summed E-state index contributed by atoms with van der Waals surface area (Å²) in [6.07, 6.45) is 1.52. The van der Waals surface area contributed by atoms with E-state index in [4.69, 9.17) is 0 Å². The van der Waals surface area contributed by atoms with Gasteiger partial charge in [0.1, 0.15) is 0 Å². The van der Waals surface area contributed by atoms with Crippen molar-refractivity contribution in [1.29, 1.82) is 0 Å². The van der Waals surface area contributed by atoms with E-state index in [0.717, 1.165) is 18.4 Å². The minimum Gasteiger partial charge on any atom is -0.388 e. The molecule has 3 rings (SSSR count). The number of aliphatic hydroxyl groups excluding tert-OH is 1. The summed E-state index contributed by atoms with van der Waals surface area (Å²) in [5.74, 6) is 0. The van der Waals surface area contributed by atoms with Crippen LogP contribution in [0.1, 0.15) is 54.5 Å². The number of benzene rings is 1. The fraction of sp³-hybridized carbons (Fsp3) is 0.474. The Morgan fingerprint density at radius 2 is 1.67 bits per heavy atom. The van der Waals surface area contributed by atoms with Crippen molar-refractivity contribution in [2.24, 2.45) is 5.41 Å². The summed E-state index contributed by atoms with van der Waals surface area (Å²) in [5, 5.41) is 10.5. The molecule has 2 heteroatoms. The molecule has 1 aliphatic rings. The van der Waals surface area contributed by atoms with E-state index in [1.165, 1.54) is 28.2 Å². The Morgan fingerprint density at radius 1 is 1.05 bits per heavy atom. The van der Waals surface area contributed by atoms with Crippen molar-refractivity contribution in [2.75, 3.05) is 0 Å². The van der Waals surface area contributed by atoms with Gasteiger partial charge in [-0.15, -0.1) is 0 Å². The topological polar surface area (TPSA) is 25.2 Å². The van der Waals surface area contributed by atoms with Crippen LogP contribution in [0.3, 0.4) is 0 Å². The fourth-order valence-electron chi connectivity index (χ4n) is 3.78. The largest absolute Gasteiger partial charge is 0.388 e. The fourth-order valence-corrected chi connectivity index (χ4v) is 3.78. The van der Waals surface area contributed by atoms with E-state index in [9.17, 15) is 5.11 Å². The van der Waals surface area contributed by atoms with Gasteiger partial charge < -0.3 is 9.67 Å². The monoisotopic (exact) mass is 283 g/mol. The second kappa shape index (κ2) is 4.74. The van der Waals surface area contributed by atoms with Crippen molar-refractivity contribution in [3.05, 3.63) is 52.3 Å². The molecule has 21 heavy (non-hydrogen) atoms. The Morgan fingerprint density at radius 3 is 2.29 bits per heavy atom. The highest BCUT2D eigenvalue weighted by atomic mass is 16.3. The zero-order valence-electron chi connectivity index (χ0n) is 13.7. The van der Waals surface area contributed by atoms with Crippen LogP contribution in [-0.2, 0) is 6.42 Å². The molecule has 1 unspecified atom stereocenters. The molecule has 0 saturated carbocycles. The van der Waals surface area contributed by atoms with Gasteiger partial charge in [0.25, 0.3) is 0 Å². The SMILES string of the molecule is Cc1cc(C)cc(-n2c(C)cc3c2CC(C)(C)CC3O)c1. The van der Waals surface area contributed by atoms with Crippen LogP contribution in [0, 0.1) is 26.2 Å². The van der Waals surface area contributed by atoms with Gasteiger partial charge in [0, 0.05) is 22.6 Å². The Hall–Kier alpha value is -1.54. The van der Waals surface area contributed by atoms with Gasteiger partial charge in [0.05, 0.1) is 6.10 Å². The average Bonchev–Trinajstić information content (AvgIpc) is 2.63. The highest BCUT2D eigenvalue weighted by molar-refractivity contribution is 5.46. The zero-order valence-corrected chi connectivity index (χ0v) is 13.7. The molecule has 0 fully saturated rings. The number of aromatic nitrogens is 1. The van der Waals surface area contributed by atoms with E-state index >= 15 is 0 Å². The predicted molar refractivity (Wildman–Crippen MR) is 87.0 cm³/mol. The van der Waals surface area contributed by atoms with Crippen molar-refractivity contribution < 1.29 is 5.11 Å². The maximum atomic E-state index is 10.5. The summed E-state index contributed by atoms with van der Waals surface area (Å²) in [6, 6.07) is 8.82. The summed E-state index contributed by atoms with van der Waals surface area (Å²) < 4.78 is 2.33. The lowest BCUT2D eigenvalue weighted by Crippen LogP contribution is -2.26. The standard InChI is InChI=1S/C19H25NO/c1-12-6-13(2)8-15(7-12)20-14(3)9-16-17(20)10-19(4,5)11-18(16)21/h6-9,18,21H,10-11H2,1-5H3. The lowest BCUT2D eigenvalue weighted by molar-refractivity contribution is 0.0987. The van der Waals surface area contributed by atoms with Crippen LogP contribution in [0.15, 0.2) is 24.3 Å². The number of nitrogens with zero attached hydrogens (tertiary/aromatic N) is 1. The van der Waals surface area contributed by atoms with Crippen molar-refractivity contribution in [2.45, 2.75) is 53.6 Å². The van der Waals surface area contributed by atoms with E-state index in [0.29, 0.717) is 0 Å². The first-order valence-electron chi connectivity index (χ1n) is 7.75. The molecule has 112 valence electrons. The second-order valence-electron chi connectivity index (χ2n) is 7.43. The molecular weight excluding hydrogens is 258 g/mol. The Kier molecular flexibility index (Phi) is 3.25. The second-order valence-corrected chi connectivity index (χ2v) is 7.43. The Balaban J connectivity index is 2.21. The highest BCUT2D eigenvalue weighted by Crippen LogP contribution is 2.42. The van der Waals surface area contributed by atoms with Gasteiger partial charge in [0.15, 0.2) is 0 Å².